The molecule has 2 rings (SSSR count). The van der Waals surface area contributed by atoms with Crippen molar-refractivity contribution in [2.24, 2.45) is 0 Å². The third kappa shape index (κ3) is 1.84. The van der Waals surface area contributed by atoms with Gasteiger partial charge < -0.3 is 0 Å². The Kier molecular flexibility index (Phi) is 2.51. The van der Waals surface area contributed by atoms with E-state index in [0.29, 0.717) is 0 Å². The zero-order chi connectivity index (χ0) is 9.26. The Balaban J connectivity index is 2.49. The van der Waals surface area contributed by atoms with Gasteiger partial charge in [0.1, 0.15) is 6.20 Å². The molecule has 1 radical (unpaired) electrons. The zero-order valence-electron chi connectivity index (χ0n) is 6.54. The van der Waals surface area contributed by atoms with Gasteiger partial charge in [-0.05, 0) is 56.1 Å². The van der Waals surface area contributed by atoms with Crippen LogP contribution in [-0.2, 0) is 0 Å². The van der Waals surface area contributed by atoms with Gasteiger partial charge in [0, 0.05) is 15.1 Å². The van der Waals surface area contributed by atoms with Gasteiger partial charge in [0.15, 0.2) is 0 Å². The van der Waals surface area contributed by atoms with Crippen LogP contribution in [0.4, 0.5) is 0 Å². The first-order chi connectivity index (χ1) is 6.27. The predicted octanol–water partition coefficient (Wildman–Crippen LogP) is 3.20. The van der Waals surface area contributed by atoms with E-state index in [1.807, 2.05) is 24.4 Å². The molecule has 0 aliphatic rings. The summed E-state index contributed by atoms with van der Waals surface area (Å²) < 4.78 is 3.81. The summed E-state index contributed by atoms with van der Waals surface area (Å²) >= 11 is 6.84. The Bertz CT molecular complexity index is 410. The molecular formula is C9H5Br2N2. The summed E-state index contributed by atoms with van der Waals surface area (Å²) in [5.74, 6) is 0. The molecule has 0 amide bonds. The van der Waals surface area contributed by atoms with Gasteiger partial charge in [-0.2, -0.15) is 5.10 Å². The summed E-state index contributed by atoms with van der Waals surface area (Å²) in [6.07, 6.45) is 4.61. The Morgan fingerprint density at radius 2 is 2.08 bits per heavy atom. The lowest BCUT2D eigenvalue weighted by molar-refractivity contribution is 0.876. The van der Waals surface area contributed by atoms with E-state index in [1.54, 1.807) is 10.7 Å². The van der Waals surface area contributed by atoms with Gasteiger partial charge in [0.2, 0.25) is 0 Å². The van der Waals surface area contributed by atoms with Crippen molar-refractivity contribution >= 4 is 31.9 Å². The van der Waals surface area contributed by atoms with Crippen molar-refractivity contribution in [2.45, 2.75) is 0 Å². The highest BCUT2D eigenvalue weighted by atomic mass is 79.9. The molecule has 0 bridgehead atoms. The molecule has 2 aromatic rings. The first-order valence-electron chi connectivity index (χ1n) is 3.64. The van der Waals surface area contributed by atoms with Gasteiger partial charge in [0.25, 0.3) is 0 Å². The average molecular weight is 301 g/mol. The molecule has 0 atom stereocenters. The Labute approximate surface area is 92.8 Å². The highest BCUT2D eigenvalue weighted by Gasteiger charge is 1.99. The minimum Gasteiger partial charge on any atom is -0.240 e. The number of hydrogen-bond donors (Lipinski definition) is 0. The fraction of sp³-hybridized carbons (Fsp3) is 0. The largest absolute Gasteiger partial charge is 0.240 e. The van der Waals surface area contributed by atoms with Gasteiger partial charge >= 0.3 is 0 Å². The van der Waals surface area contributed by atoms with Crippen LogP contribution in [0, 0.1) is 6.20 Å². The van der Waals surface area contributed by atoms with Crippen LogP contribution in [0.1, 0.15) is 0 Å². The Hall–Kier alpha value is -0.610. The van der Waals surface area contributed by atoms with Crippen molar-refractivity contribution in [2.75, 3.05) is 0 Å². The molecule has 0 saturated carbocycles. The number of nitrogens with zero attached hydrogens (tertiary/aromatic N) is 2. The standard InChI is InChI=1S/C9H5Br2N2/c10-8-3-2-7(6-9(8)11)13-5-1-4-12-13/h1-3,5-6H. The topological polar surface area (TPSA) is 17.8 Å². The lowest BCUT2D eigenvalue weighted by Gasteiger charge is -2.02. The van der Waals surface area contributed by atoms with E-state index in [9.17, 15) is 0 Å². The minimum absolute atomic E-state index is 1.01. The molecule has 65 valence electrons. The summed E-state index contributed by atoms with van der Waals surface area (Å²) in [5.41, 5.74) is 1.01. The molecule has 0 unspecified atom stereocenters. The third-order valence-electron chi connectivity index (χ3n) is 1.62. The summed E-state index contributed by atoms with van der Waals surface area (Å²) in [6.45, 7) is 0. The van der Waals surface area contributed by atoms with Crippen molar-refractivity contribution in [3.63, 3.8) is 0 Å². The number of aromatic nitrogens is 2. The van der Waals surface area contributed by atoms with Gasteiger partial charge in [-0.1, -0.05) is 0 Å². The van der Waals surface area contributed by atoms with E-state index in [1.165, 1.54) is 0 Å². The van der Waals surface area contributed by atoms with E-state index in [-0.39, 0.29) is 0 Å². The van der Waals surface area contributed by atoms with Crippen LogP contribution in [0.5, 0.6) is 0 Å². The Morgan fingerprint density at radius 3 is 2.69 bits per heavy atom. The van der Waals surface area contributed by atoms with Crippen LogP contribution in [-0.4, -0.2) is 9.78 Å². The molecule has 1 aromatic carbocycles. The maximum absolute atomic E-state index is 4.01. The lowest BCUT2D eigenvalue weighted by Crippen LogP contribution is -1.93. The molecule has 0 aliphatic carbocycles. The second-order valence-corrected chi connectivity index (χ2v) is 4.20. The zero-order valence-corrected chi connectivity index (χ0v) is 9.71. The molecule has 1 heterocycles. The molecule has 13 heavy (non-hydrogen) atoms. The van der Waals surface area contributed by atoms with Crippen molar-refractivity contribution in [1.82, 2.24) is 9.78 Å². The summed E-state index contributed by atoms with van der Waals surface area (Å²) in [5, 5.41) is 4.01. The van der Waals surface area contributed by atoms with Crippen LogP contribution >= 0.6 is 31.9 Å². The van der Waals surface area contributed by atoms with Crippen LogP contribution in [0.25, 0.3) is 5.69 Å². The molecule has 0 fully saturated rings. The number of hydrogen-bond acceptors (Lipinski definition) is 1. The van der Waals surface area contributed by atoms with E-state index in [0.717, 1.165) is 14.6 Å². The monoisotopic (exact) mass is 299 g/mol. The van der Waals surface area contributed by atoms with E-state index >= 15 is 0 Å². The summed E-state index contributed by atoms with van der Waals surface area (Å²) in [6, 6.07) is 7.72. The first kappa shape index (κ1) is 8.97. The van der Waals surface area contributed by atoms with Gasteiger partial charge in [0.05, 0.1) is 5.69 Å². The normalized spacial score (nSPS) is 10.3. The molecule has 2 nitrogen and oxygen atoms in total. The van der Waals surface area contributed by atoms with E-state index in [2.05, 4.69) is 43.2 Å². The fourth-order valence-electron chi connectivity index (χ4n) is 1.00. The second kappa shape index (κ2) is 3.64. The predicted molar refractivity (Wildman–Crippen MR) is 57.8 cm³/mol. The maximum Gasteiger partial charge on any atom is 0.113 e. The second-order valence-electron chi connectivity index (χ2n) is 2.49. The van der Waals surface area contributed by atoms with E-state index < -0.39 is 0 Å². The van der Waals surface area contributed by atoms with Crippen molar-refractivity contribution in [1.29, 1.82) is 0 Å². The molecule has 1 aromatic heterocycles. The summed E-state index contributed by atoms with van der Waals surface area (Å²) in [7, 11) is 0. The van der Waals surface area contributed by atoms with Crippen LogP contribution < -0.4 is 0 Å². The first-order valence-corrected chi connectivity index (χ1v) is 5.23. The fourth-order valence-corrected chi connectivity index (χ4v) is 1.62. The molecule has 4 heteroatoms. The van der Waals surface area contributed by atoms with Crippen molar-refractivity contribution in [3.05, 3.63) is 45.6 Å². The molecule has 0 aliphatic heterocycles. The average Bonchev–Trinajstić information content (AvgIpc) is 2.62. The minimum atomic E-state index is 1.01. The Morgan fingerprint density at radius 1 is 1.23 bits per heavy atom. The molecule has 0 saturated heterocycles. The number of halogens is 2. The number of rotatable bonds is 1. The maximum atomic E-state index is 4.01. The highest BCUT2D eigenvalue weighted by molar-refractivity contribution is 9.13. The highest BCUT2D eigenvalue weighted by Crippen LogP contribution is 2.24. The molecule has 0 N–H and O–H groups in total. The van der Waals surface area contributed by atoms with E-state index in [4.69, 9.17) is 0 Å². The van der Waals surface area contributed by atoms with Crippen LogP contribution in [0.15, 0.2) is 39.4 Å². The lowest BCUT2D eigenvalue weighted by atomic mass is 10.3. The van der Waals surface area contributed by atoms with Gasteiger partial charge in [-0.25, -0.2) is 4.68 Å². The smallest absolute Gasteiger partial charge is 0.113 e. The van der Waals surface area contributed by atoms with Crippen molar-refractivity contribution < 1.29 is 0 Å². The SMILES string of the molecule is Brc1ccc(-n2cc[c]n2)cc1Br. The summed E-state index contributed by atoms with van der Waals surface area (Å²) in [4.78, 5) is 0. The van der Waals surface area contributed by atoms with Crippen LogP contribution in [0.3, 0.4) is 0 Å². The molecule has 0 spiro atoms. The molecular weight excluding hydrogens is 296 g/mol. The van der Waals surface area contributed by atoms with Crippen LogP contribution in [0.2, 0.25) is 0 Å². The quantitative estimate of drug-likeness (QED) is 0.791. The van der Waals surface area contributed by atoms with Gasteiger partial charge in [-0.15, -0.1) is 0 Å². The van der Waals surface area contributed by atoms with Gasteiger partial charge in [-0.3, -0.25) is 0 Å². The van der Waals surface area contributed by atoms with Crippen molar-refractivity contribution in [3.8, 4) is 5.69 Å². The third-order valence-corrected chi connectivity index (χ3v) is 3.50. The number of benzene rings is 1.